The quantitative estimate of drug-likeness (QED) is 0.152. The second kappa shape index (κ2) is 18.0. The van der Waals surface area contributed by atoms with Crippen molar-refractivity contribution in [2.75, 3.05) is 0 Å². The molecule has 368 valence electrons. The molecule has 13 rings (SSSR count). The normalized spacial score (nSPS) is 12.0. The summed E-state index contributed by atoms with van der Waals surface area (Å²) in [4.78, 5) is 4.93. The fourth-order valence-electron chi connectivity index (χ4n) is 11.7. The van der Waals surface area contributed by atoms with E-state index < -0.39 is 0 Å². The van der Waals surface area contributed by atoms with Gasteiger partial charge in [0.05, 0.1) is 0 Å². The summed E-state index contributed by atoms with van der Waals surface area (Å²) in [7, 11) is 0. The minimum atomic E-state index is -0.0263. The minimum absolute atomic E-state index is 0.0263. The van der Waals surface area contributed by atoms with Gasteiger partial charge >= 0.3 is 394 Å². The molecule has 9 aromatic carbocycles. The molecule has 75 heavy (non-hydrogen) atoms. The molecule has 4 heterocycles. The van der Waals surface area contributed by atoms with Crippen molar-refractivity contribution in [2.24, 2.45) is 0 Å². The Bertz CT molecular complexity index is 4350. The van der Waals surface area contributed by atoms with E-state index in [4.69, 9.17) is 9.72 Å². The molecular weight excluding hydrogens is 1100 g/mol. The van der Waals surface area contributed by atoms with Crippen LogP contribution in [0.25, 0.3) is 99.8 Å². The van der Waals surface area contributed by atoms with Crippen molar-refractivity contribution in [3.8, 4) is 56.6 Å². The second-order valence-corrected chi connectivity index (χ2v) is 22.0. The van der Waals surface area contributed by atoms with Crippen molar-refractivity contribution >= 4 is 54.6 Å². The van der Waals surface area contributed by atoms with E-state index in [2.05, 4.69) is 286 Å². The van der Waals surface area contributed by atoms with E-state index in [9.17, 15) is 0 Å². The van der Waals surface area contributed by atoms with Crippen molar-refractivity contribution in [3.63, 3.8) is 0 Å². The second-order valence-electron chi connectivity index (χ2n) is 21.0. The summed E-state index contributed by atoms with van der Waals surface area (Å²) in [6.45, 7) is 15.7. The number of aromatic nitrogens is 5. The molecule has 4 aromatic heterocycles. The van der Waals surface area contributed by atoms with E-state index in [0.29, 0.717) is 0 Å². The molecule has 13 aromatic rings. The Morgan fingerprint density at radius 1 is 0.400 bits per heavy atom. The molecule has 0 bridgehead atoms. The molecule has 0 aliphatic heterocycles. The van der Waals surface area contributed by atoms with Crippen LogP contribution in [-0.4, -0.2) is 23.3 Å². The predicted molar refractivity (Wildman–Crippen MR) is 307 cm³/mol. The van der Waals surface area contributed by atoms with Crippen LogP contribution < -0.4 is 4.74 Å². The van der Waals surface area contributed by atoms with Gasteiger partial charge in [0.1, 0.15) is 0 Å². The maximum absolute atomic E-state index is 6.91. The first-order valence-corrected chi connectivity index (χ1v) is 26.8. The number of aryl methyl sites for hydroxylation is 4. The third-order valence-electron chi connectivity index (χ3n) is 15.2. The van der Waals surface area contributed by atoms with Gasteiger partial charge in [-0.3, -0.25) is 0 Å². The summed E-state index contributed by atoms with van der Waals surface area (Å²) in [5, 5.41) is 4.80. The van der Waals surface area contributed by atoms with Crippen molar-refractivity contribution in [1.82, 2.24) is 23.3 Å². The molecule has 0 spiro atoms. The van der Waals surface area contributed by atoms with Crippen LogP contribution in [0.4, 0.5) is 0 Å². The first-order chi connectivity index (χ1) is 36.4. The first-order valence-electron chi connectivity index (χ1n) is 25.7. The third kappa shape index (κ3) is 7.64. The molecule has 0 saturated heterocycles. The van der Waals surface area contributed by atoms with E-state index in [1.54, 1.807) is 0 Å². The van der Waals surface area contributed by atoms with Gasteiger partial charge in [0.25, 0.3) is 0 Å². The van der Waals surface area contributed by atoms with Gasteiger partial charge in [-0.1, -0.05) is 32.9 Å². The van der Waals surface area contributed by atoms with Gasteiger partial charge in [-0.05, 0) is 17.0 Å². The fraction of sp³-hybridized carbons (Fsp3) is 0.118. The van der Waals surface area contributed by atoms with E-state index in [1.807, 2.05) is 6.20 Å². The van der Waals surface area contributed by atoms with Gasteiger partial charge in [-0.2, -0.15) is 0 Å². The first kappa shape index (κ1) is 46.5. The van der Waals surface area contributed by atoms with Crippen LogP contribution in [0.3, 0.4) is 0 Å². The number of hydrogen-bond acceptors (Lipinski definition) is 2. The number of ether oxygens (including phenoxy) is 1. The third-order valence-corrected chi connectivity index (χ3v) is 16.2. The molecule has 0 N–H and O–H groups in total. The molecule has 0 atom stereocenters. The molecule has 0 aliphatic rings. The number of fused-ring (bicyclic) bond motifs is 7. The summed E-state index contributed by atoms with van der Waals surface area (Å²) >= 11 is 2.56. The summed E-state index contributed by atoms with van der Waals surface area (Å²) < 4.78 is 17.6. The van der Waals surface area contributed by atoms with Gasteiger partial charge in [0, 0.05) is 6.20 Å². The van der Waals surface area contributed by atoms with Gasteiger partial charge < -0.3 is 0 Å². The van der Waals surface area contributed by atoms with Crippen LogP contribution in [0, 0.1) is 31.5 Å². The Labute approximate surface area is 447 Å². The van der Waals surface area contributed by atoms with E-state index >= 15 is 0 Å². The van der Waals surface area contributed by atoms with E-state index in [1.165, 1.54) is 77.3 Å². The summed E-state index contributed by atoms with van der Waals surface area (Å²) in [5.74, 6) is 2.38. The molecule has 0 aliphatic carbocycles. The SMILES string of the molecule is Cc1cccc(C)c1-c1cc(-n2c3ccccc3c3ccccc32)cc(-c2c(C)cccc2C)c1-n1[c](=[Pt])n(-c2cccc(Oc3ccc4c5ccccc5n(-c5cc(C(C)(C)C)ccn5)c4c3)c2)c2ccccc21. The maximum atomic E-state index is 6.91. The average Bonchev–Trinajstić information content (AvgIpc) is 4.07. The van der Waals surface area contributed by atoms with E-state index in [-0.39, 0.29) is 5.41 Å². The Balaban J connectivity index is 1.02. The van der Waals surface area contributed by atoms with Crippen molar-refractivity contribution < 1.29 is 24.1 Å². The van der Waals surface area contributed by atoms with E-state index in [0.717, 1.165) is 65.6 Å². The Kier molecular flexibility index (Phi) is 11.1. The fourth-order valence-corrected chi connectivity index (χ4v) is 12.8. The summed E-state index contributed by atoms with van der Waals surface area (Å²) in [5.41, 5.74) is 20.8. The predicted octanol–water partition coefficient (Wildman–Crippen LogP) is 17.7. The van der Waals surface area contributed by atoms with Gasteiger partial charge in [0.2, 0.25) is 0 Å². The number of nitrogens with zero attached hydrogens (tertiary/aromatic N) is 5. The molecule has 7 heteroatoms. The van der Waals surface area contributed by atoms with Crippen LogP contribution in [0.1, 0.15) is 48.6 Å². The zero-order valence-corrected chi connectivity index (χ0v) is 45.4. The molecular formula is C68H55N5OPt. The number of benzene rings is 9. The molecule has 0 amide bonds. The number of imidazole rings is 1. The molecule has 0 saturated carbocycles. The van der Waals surface area contributed by atoms with Gasteiger partial charge in [-0.25, -0.2) is 0 Å². The van der Waals surface area contributed by atoms with Gasteiger partial charge in [0.15, 0.2) is 0 Å². The van der Waals surface area contributed by atoms with Crippen LogP contribution in [0.15, 0.2) is 206 Å². The molecule has 6 nitrogen and oxygen atoms in total. The van der Waals surface area contributed by atoms with Crippen molar-refractivity contribution in [2.45, 2.75) is 53.9 Å². The number of hydrogen-bond donors (Lipinski definition) is 0. The zero-order chi connectivity index (χ0) is 51.3. The van der Waals surface area contributed by atoms with Crippen LogP contribution in [0.2, 0.25) is 0 Å². The standard InChI is InChI=1S/C68H55N5O.Pt/c1-43-19-16-20-44(2)65(43)56-39-49(72-58-28-11-8-25-52(58)53-26-9-12-29-59(53)72)40-57(66-45(3)21-17-22-46(66)4)67(56)71-42-70(61-31-14-15-32-62(61)71)48-23-18-24-50(38-48)74-51-33-34-55-54-27-10-13-30-60(54)73(63(55)41-51)64-37-47(35-36-69-64)68(5,6)7;/h8-41H,1-7H3;. The Morgan fingerprint density at radius 2 is 0.880 bits per heavy atom. The Hall–Kier alpha value is -8.31. The summed E-state index contributed by atoms with van der Waals surface area (Å²) in [6.07, 6.45) is 1.93. The monoisotopic (exact) mass is 1150 g/mol. The average molecular weight is 1150 g/mol. The topological polar surface area (TPSA) is 41.8 Å². The summed E-state index contributed by atoms with van der Waals surface area (Å²) in [6, 6.07) is 72.5. The molecule has 0 unspecified atom stereocenters. The zero-order valence-electron chi connectivity index (χ0n) is 43.1. The molecule has 0 radical (unpaired) electrons. The van der Waals surface area contributed by atoms with Crippen molar-refractivity contribution in [3.05, 3.63) is 238 Å². The van der Waals surface area contributed by atoms with Crippen LogP contribution in [0.5, 0.6) is 11.5 Å². The Morgan fingerprint density at radius 3 is 1.44 bits per heavy atom. The number of pyridine rings is 1. The number of rotatable bonds is 8. The van der Waals surface area contributed by atoms with Crippen LogP contribution >= 0.6 is 0 Å². The van der Waals surface area contributed by atoms with Gasteiger partial charge in [-0.15, -0.1) is 0 Å². The number of para-hydroxylation sites is 5. The molecule has 0 fully saturated rings. The van der Waals surface area contributed by atoms with Crippen molar-refractivity contribution in [1.29, 1.82) is 0 Å². The van der Waals surface area contributed by atoms with Crippen LogP contribution in [-0.2, 0) is 24.8 Å².